The molecule has 2 heterocycles. The minimum atomic E-state index is -1.07. The average Bonchev–Trinajstić information content (AvgIpc) is 2.93. The fourth-order valence-electron chi connectivity index (χ4n) is 2.51. The Hall–Kier alpha value is -1.64. The molecule has 3 N–H and O–H groups in total. The third kappa shape index (κ3) is 3.17. The van der Waals surface area contributed by atoms with E-state index < -0.39 is 18.0 Å². The number of carbonyl (C=O) groups is 2. The van der Waals surface area contributed by atoms with Crippen molar-refractivity contribution in [3.05, 3.63) is 21.9 Å². The quantitative estimate of drug-likeness (QED) is 0.717. The molecule has 0 aromatic carbocycles. The predicted octanol–water partition coefficient (Wildman–Crippen LogP) is 0.139. The van der Waals surface area contributed by atoms with E-state index in [1.165, 1.54) is 21.1 Å². The molecule has 0 aliphatic carbocycles. The zero-order valence-electron chi connectivity index (χ0n) is 11.4. The fraction of sp³-hybridized carbons (Fsp3) is 0.538. The molecule has 2 rings (SSSR count). The van der Waals surface area contributed by atoms with Gasteiger partial charge >= 0.3 is 12.0 Å². The normalized spacial score (nSPS) is 17.4. The lowest BCUT2D eigenvalue weighted by atomic mass is 10.0. The predicted molar refractivity (Wildman–Crippen MR) is 76.2 cm³/mol. The van der Waals surface area contributed by atoms with Gasteiger partial charge in [-0.15, -0.1) is 11.3 Å². The Morgan fingerprint density at radius 3 is 2.57 bits per heavy atom. The Labute approximate surface area is 126 Å². The van der Waals surface area contributed by atoms with Gasteiger partial charge in [0.25, 0.3) is 0 Å². The van der Waals surface area contributed by atoms with Crippen LogP contribution in [-0.2, 0) is 11.2 Å². The zero-order valence-corrected chi connectivity index (χ0v) is 12.3. The van der Waals surface area contributed by atoms with Crippen LogP contribution in [0.1, 0.15) is 16.5 Å². The molecule has 0 bridgehead atoms. The van der Waals surface area contributed by atoms with E-state index in [-0.39, 0.29) is 26.3 Å². The number of aliphatic carboxylic acids is 1. The number of hydrogen-bond acceptors (Lipinski definition) is 5. The van der Waals surface area contributed by atoms with Crippen molar-refractivity contribution in [3.8, 4) is 0 Å². The van der Waals surface area contributed by atoms with Gasteiger partial charge in [0.15, 0.2) is 6.04 Å². The maximum atomic E-state index is 12.5. The van der Waals surface area contributed by atoms with Gasteiger partial charge in [0.2, 0.25) is 0 Å². The monoisotopic (exact) mass is 314 g/mol. The van der Waals surface area contributed by atoms with Crippen molar-refractivity contribution in [1.29, 1.82) is 0 Å². The second kappa shape index (κ2) is 6.88. The molecule has 1 aliphatic rings. The molecule has 1 atom stereocenters. The van der Waals surface area contributed by atoms with Crippen molar-refractivity contribution in [2.45, 2.75) is 12.5 Å². The number of amides is 2. The van der Waals surface area contributed by atoms with Gasteiger partial charge in [0, 0.05) is 24.5 Å². The van der Waals surface area contributed by atoms with E-state index in [1.54, 1.807) is 6.07 Å². The van der Waals surface area contributed by atoms with E-state index in [4.69, 9.17) is 10.2 Å². The number of carbonyl (C=O) groups excluding carboxylic acids is 1. The number of aliphatic hydroxyl groups is 2. The molecule has 8 heteroatoms. The SMILES string of the molecule is O=C(O)C1c2ccsc2CCN1C(=O)N(CCO)CCO. The number of rotatable bonds is 5. The van der Waals surface area contributed by atoms with E-state index >= 15 is 0 Å². The molecular weight excluding hydrogens is 296 g/mol. The van der Waals surface area contributed by atoms with Crippen LogP contribution in [0.2, 0.25) is 0 Å². The second-order valence-corrected chi connectivity index (χ2v) is 5.70. The number of fused-ring (bicyclic) bond motifs is 1. The molecule has 2 amide bonds. The van der Waals surface area contributed by atoms with Gasteiger partial charge in [-0.05, 0) is 23.4 Å². The van der Waals surface area contributed by atoms with Crippen molar-refractivity contribution < 1.29 is 24.9 Å². The summed E-state index contributed by atoms with van der Waals surface area (Å²) < 4.78 is 0. The number of carboxylic acid groups (broad SMARTS) is 1. The van der Waals surface area contributed by atoms with Crippen LogP contribution in [0.15, 0.2) is 11.4 Å². The fourth-order valence-corrected chi connectivity index (χ4v) is 3.42. The van der Waals surface area contributed by atoms with Crippen LogP contribution in [0.5, 0.6) is 0 Å². The van der Waals surface area contributed by atoms with Crippen LogP contribution < -0.4 is 0 Å². The first-order valence-electron chi connectivity index (χ1n) is 6.66. The van der Waals surface area contributed by atoms with Crippen LogP contribution in [0, 0.1) is 0 Å². The molecule has 116 valence electrons. The number of nitrogens with zero attached hydrogens (tertiary/aromatic N) is 2. The number of hydrogen-bond donors (Lipinski definition) is 3. The highest BCUT2D eigenvalue weighted by Crippen LogP contribution is 2.34. The summed E-state index contributed by atoms with van der Waals surface area (Å²) in [6, 6.07) is 0.260. The zero-order chi connectivity index (χ0) is 15.4. The van der Waals surface area contributed by atoms with E-state index in [0.29, 0.717) is 18.5 Å². The lowest BCUT2D eigenvalue weighted by Gasteiger charge is -2.36. The van der Waals surface area contributed by atoms with Crippen molar-refractivity contribution in [1.82, 2.24) is 9.80 Å². The highest BCUT2D eigenvalue weighted by Gasteiger charge is 2.38. The van der Waals surface area contributed by atoms with Gasteiger partial charge in [-0.3, -0.25) is 0 Å². The summed E-state index contributed by atoms with van der Waals surface area (Å²) in [6.07, 6.45) is 0.620. The summed E-state index contributed by atoms with van der Waals surface area (Å²) >= 11 is 1.49. The van der Waals surface area contributed by atoms with Crippen molar-refractivity contribution in [3.63, 3.8) is 0 Å². The summed E-state index contributed by atoms with van der Waals surface area (Å²) in [5.41, 5.74) is 0.653. The molecule has 0 fully saturated rings. The van der Waals surface area contributed by atoms with E-state index in [1.807, 2.05) is 5.38 Å². The molecule has 0 radical (unpaired) electrons. The van der Waals surface area contributed by atoms with Crippen molar-refractivity contribution >= 4 is 23.3 Å². The molecule has 1 aliphatic heterocycles. The Morgan fingerprint density at radius 2 is 2.00 bits per heavy atom. The first kappa shape index (κ1) is 15.7. The van der Waals surface area contributed by atoms with Gasteiger partial charge in [0.1, 0.15) is 0 Å². The third-order valence-corrected chi connectivity index (χ3v) is 4.45. The van der Waals surface area contributed by atoms with Gasteiger partial charge < -0.3 is 25.1 Å². The Kier molecular flexibility index (Phi) is 5.16. The van der Waals surface area contributed by atoms with Gasteiger partial charge in [-0.25, -0.2) is 9.59 Å². The highest BCUT2D eigenvalue weighted by molar-refractivity contribution is 7.10. The standard InChI is InChI=1S/C13H18N2O5S/c16-6-4-14(5-7-17)13(20)15-3-1-10-9(2-8-21-10)11(15)12(18)19/h2,8,11,16-17H,1,3-7H2,(H,18,19). The molecule has 1 aromatic heterocycles. The first-order chi connectivity index (χ1) is 10.1. The minimum Gasteiger partial charge on any atom is -0.479 e. The molecule has 1 aromatic rings. The molecule has 21 heavy (non-hydrogen) atoms. The lowest BCUT2D eigenvalue weighted by molar-refractivity contribution is -0.143. The van der Waals surface area contributed by atoms with Crippen molar-refractivity contribution in [2.75, 3.05) is 32.8 Å². The molecule has 0 spiro atoms. The van der Waals surface area contributed by atoms with E-state index in [0.717, 1.165) is 4.88 Å². The van der Waals surface area contributed by atoms with Crippen LogP contribution in [0.4, 0.5) is 4.79 Å². The summed E-state index contributed by atoms with van der Waals surface area (Å²) in [6.45, 7) is -0.0177. The minimum absolute atomic E-state index is 0.0682. The maximum Gasteiger partial charge on any atom is 0.331 e. The highest BCUT2D eigenvalue weighted by atomic mass is 32.1. The molecule has 0 saturated heterocycles. The average molecular weight is 314 g/mol. The van der Waals surface area contributed by atoms with Crippen LogP contribution in [-0.4, -0.2) is 70.0 Å². The topological polar surface area (TPSA) is 101 Å². The molecule has 0 saturated carbocycles. The first-order valence-corrected chi connectivity index (χ1v) is 7.54. The summed E-state index contributed by atoms with van der Waals surface area (Å²) in [7, 11) is 0. The molecule has 1 unspecified atom stereocenters. The maximum absolute atomic E-state index is 12.5. The Balaban J connectivity index is 2.25. The third-order valence-electron chi connectivity index (χ3n) is 3.46. The van der Waals surface area contributed by atoms with Gasteiger partial charge in [-0.2, -0.15) is 0 Å². The Morgan fingerprint density at radius 1 is 1.33 bits per heavy atom. The summed E-state index contributed by atoms with van der Waals surface area (Å²) in [5.74, 6) is -1.07. The van der Waals surface area contributed by atoms with Crippen LogP contribution in [0.25, 0.3) is 0 Å². The van der Waals surface area contributed by atoms with Crippen molar-refractivity contribution in [2.24, 2.45) is 0 Å². The number of thiophene rings is 1. The largest absolute Gasteiger partial charge is 0.479 e. The number of urea groups is 1. The molecule has 7 nitrogen and oxygen atoms in total. The summed E-state index contributed by atoms with van der Waals surface area (Å²) in [4.78, 5) is 27.6. The second-order valence-electron chi connectivity index (χ2n) is 4.70. The van der Waals surface area contributed by atoms with Gasteiger partial charge in [0.05, 0.1) is 13.2 Å². The Bertz CT molecular complexity index is 512. The molecular formula is C13H18N2O5S. The van der Waals surface area contributed by atoms with Gasteiger partial charge in [-0.1, -0.05) is 0 Å². The van der Waals surface area contributed by atoms with Crippen LogP contribution in [0.3, 0.4) is 0 Å². The number of carboxylic acids is 1. The smallest absolute Gasteiger partial charge is 0.331 e. The lowest BCUT2D eigenvalue weighted by Crippen LogP contribution is -2.50. The van der Waals surface area contributed by atoms with E-state index in [2.05, 4.69) is 0 Å². The van der Waals surface area contributed by atoms with E-state index in [9.17, 15) is 14.7 Å². The number of aliphatic hydroxyl groups excluding tert-OH is 2. The van der Waals surface area contributed by atoms with Crippen LogP contribution >= 0.6 is 11.3 Å². The summed E-state index contributed by atoms with van der Waals surface area (Å²) in [5, 5.41) is 29.3.